The SMILES string of the molecule is N[C@@H](CCNc1ccncc1)CNS(N)(=O)=O. The summed E-state index contributed by atoms with van der Waals surface area (Å²) in [6, 6.07) is 3.41. The average Bonchev–Trinajstić information content (AvgIpc) is 2.27. The fourth-order valence-corrected chi connectivity index (χ4v) is 1.64. The molecule has 96 valence electrons. The van der Waals surface area contributed by atoms with E-state index in [0.717, 1.165) is 5.69 Å². The number of hydrogen-bond acceptors (Lipinski definition) is 5. The molecule has 17 heavy (non-hydrogen) atoms. The van der Waals surface area contributed by atoms with Crippen LogP contribution in [0.4, 0.5) is 5.69 Å². The minimum absolute atomic E-state index is 0.136. The molecule has 0 radical (unpaired) electrons. The van der Waals surface area contributed by atoms with Crippen LogP contribution >= 0.6 is 0 Å². The summed E-state index contributed by atoms with van der Waals surface area (Å²) in [5.41, 5.74) is 6.66. The lowest BCUT2D eigenvalue weighted by atomic mass is 10.2. The first kappa shape index (κ1) is 13.8. The van der Waals surface area contributed by atoms with Crippen LogP contribution in [0.3, 0.4) is 0 Å². The third-order valence-corrected chi connectivity index (χ3v) is 2.64. The molecule has 0 aliphatic heterocycles. The Kier molecular flexibility index (Phi) is 5.29. The Balaban J connectivity index is 2.18. The molecular weight excluding hydrogens is 242 g/mol. The van der Waals surface area contributed by atoms with E-state index in [1.54, 1.807) is 12.4 Å². The van der Waals surface area contributed by atoms with E-state index in [9.17, 15) is 8.42 Å². The number of nitrogens with two attached hydrogens (primary N) is 2. The van der Waals surface area contributed by atoms with E-state index in [1.807, 2.05) is 12.1 Å². The number of rotatable bonds is 7. The Bertz CT molecular complexity index is 422. The van der Waals surface area contributed by atoms with Gasteiger partial charge in [0.05, 0.1) is 0 Å². The molecule has 0 amide bonds. The highest BCUT2D eigenvalue weighted by atomic mass is 32.2. The molecule has 0 spiro atoms. The quantitative estimate of drug-likeness (QED) is 0.500. The van der Waals surface area contributed by atoms with Crippen molar-refractivity contribution in [2.24, 2.45) is 10.9 Å². The highest BCUT2D eigenvalue weighted by molar-refractivity contribution is 7.87. The Hall–Kier alpha value is -1.22. The van der Waals surface area contributed by atoms with Crippen LogP contribution < -0.4 is 20.9 Å². The summed E-state index contributed by atoms with van der Waals surface area (Å²) in [7, 11) is -3.66. The van der Waals surface area contributed by atoms with Gasteiger partial charge in [-0.05, 0) is 18.6 Å². The molecule has 6 N–H and O–H groups in total. The first-order valence-electron chi connectivity index (χ1n) is 5.14. The number of pyridine rings is 1. The van der Waals surface area contributed by atoms with Crippen molar-refractivity contribution in [3.63, 3.8) is 0 Å². The van der Waals surface area contributed by atoms with Crippen LogP contribution in [0.25, 0.3) is 0 Å². The fourth-order valence-electron chi connectivity index (χ4n) is 1.20. The third-order valence-electron chi connectivity index (χ3n) is 2.07. The molecule has 0 aromatic carbocycles. The first-order valence-corrected chi connectivity index (χ1v) is 6.69. The predicted molar refractivity (Wildman–Crippen MR) is 66.4 cm³/mol. The summed E-state index contributed by atoms with van der Waals surface area (Å²) in [6.07, 6.45) is 4.00. The molecule has 0 unspecified atom stereocenters. The molecule has 1 atom stereocenters. The largest absolute Gasteiger partial charge is 0.385 e. The zero-order chi connectivity index (χ0) is 12.7. The van der Waals surface area contributed by atoms with Crippen LogP contribution in [0.5, 0.6) is 0 Å². The molecule has 1 heterocycles. The monoisotopic (exact) mass is 259 g/mol. The average molecular weight is 259 g/mol. The van der Waals surface area contributed by atoms with Crippen molar-refractivity contribution in [3.05, 3.63) is 24.5 Å². The van der Waals surface area contributed by atoms with Crippen LogP contribution in [0.15, 0.2) is 24.5 Å². The second-order valence-corrected chi connectivity index (χ2v) is 4.98. The lowest BCUT2D eigenvalue weighted by Crippen LogP contribution is -2.41. The Morgan fingerprint density at radius 1 is 1.35 bits per heavy atom. The molecule has 1 rings (SSSR count). The highest BCUT2D eigenvalue weighted by Gasteiger charge is 2.06. The third kappa shape index (κ3) is 6.84. The van der Waals surface area contributed by atoms with Crippen molar-refractivity contribution in [2.45, 2.75) is 12.5 Å². The van der Waals surface area contributed by atoms with E-state index in [1.165, 1.54) is 0 Å². The highest BCUT2D eigenvalue weighted by Crippen LogP contribution is 2.02. The van der Waals surface area contributed by atoms with Gasteiger partial charge in [-0.1, -0.05) is 0 Å². The Morgan fingerprint density at radius 2 is 2.00 bits per heavy atom. The fraction of sp³-hybridized carbons (Fsp3) is 0.444. The molecule has 0 saturated heterocycles. The number of hydrogen-bond donors (Lipinski definition) is 4. The maximum atomic E-state index is 10.6. The zero-order valence-corrected chi connectivity index (χ0v) is 10.2. The molecule has 0 aliphatic rings. The van der Waals surface area contributed by atoms with Gasteiger partial charge in [0.2, 0.25) is 0 Å². The van der Waals surface area contributed by atoms with Gasteiger partial charge in [0.1, 0.15) is 0 Å². The Morgan fingerprint density at radius 3 is 2.59 bits per heavy atom. The molecule has 0 fully saturated rings. The lowest BCUT2D eigenvalue weighted by Gasteiger charge is -2.12. The molecule has 7 nitrogen and oxygen atoms in total. The van der Waals surface area contributed by atoms with Crippen molar-refractivity contribution >= 4 is 15.9 Å². The van der Waals surface area contributed by atoms with E-state index in [2.05, 4.69) is 15.0 Å². The van der Waals surface area contributed by atoms with E-state index in [0.29, 0.717) is 13.0 Å². The second-order valence-electron chi connectivity index (χ2n) is 3.60. The summed E-state index contributed by atoms with van der Waals surface area (Å²) in [4.78, 5) is 3.89. The van der Waals surface area contributed by atoms with Crippen molar-refractivity contribution in [3.8, 4) is 0 Å². The summed E-state index contributed by atoms with van der Waals surface area (Å²) < 4.78 is 23.4. The van der Waals surface area contributed by atoms with Gasteiger partial charge in [0.15, 0.2) is 0 Å². The van der Waals surface area contributed by atoms with Crippen molar-refractivity contribution in [2.75, 3.05) is 18.4 Å². The maximum absolute atomic E-state index is 10.6. The summed E-state index contributed by atoms with van der Waals surface area (Å²) >= 11 is 0. The van der Waals surface area contributed by atoms with Gasteiger partial charge in [0, 0.05) is 37.2 Å². The van der Waals surface area contributed by atoms with E-state index in [4.69, 9.17) is 10.9 Å². The lowest BCUT2D eigenvalue weighted by molar-refractivity contribution is 0.562. The normalized spacial score (nSPS) is 13.3. The second kappa shape index (κ2) is 6.50. The van der Waals surface area contributed by atoms with Gasteiger partial charge in [-0.3, -0.25) is 4.98 Å². The predicted octanol–water partition coefficient (Wildman–Crippen LogP) is -0.996. The Labute approximate surface area is 101 Å². The van der Waals surface area contributed by atoms with E-state index >= 15 is 0 Å². The van der Waals surface area contributed by atoms with Crippen LogP contribution in [0.1, 0.15) is 6.42 Å². The molecule has 0 saturated carbocycles. The molecular formula is C9H17N5O2S. The van der Waals surface area contributed by atoms with Gasteiger partial charge in [-0.25, -0.2) is 9.86 Å². The molecule has 1 aromatic rings. The summed E-state index contributed by atoms with van der Waals surface area (Å²) in [6.45, 7) is 0.786. The number of aromatic nitrogens is 1. The van der Waals surface area contributed by atoms with Crippen molar-refractivity contribution < 1.29 is 8.42 Å². The van der Waals surface area contributed by atoms with Crippen LogP contribution in [-0.2, 0) is 10.2 Å². The van der Waals surface area contributed by atoms with Crippen LogP contribution in [0.2, 0.25) is 0 Å². The van der Waals surface area contributed by atoms with Crippen LogP contribution in [-0.4, -0.2) is 32.5 Å². The smallest absolute Gasteiger partial charge is 0.274 e. The zero-order valence-electron chi connectivity index (χ0n) is 9.33. The van der Waals surface area contributed by atoms with E-state index < -0.39 is 10.2 Å². The van der Waals surface area contributed by atoms with Gasteiger partial charge >= 0.3 is 0 Å². The van der Waals surface area contributed by atoms with Gasteiger partial charge < -0.3 is 11.1 Å². The van der Waals surface area contributed by atoms with Gasteiger partial charge in [0.25, 0.3) is 10.2 Å². The molecule has 0 bridgehead atoms. The van der Waals surface area contributed by atoms with Crippen LogP contribution in [0, 0.1) is 0 Å². The van der Waals surface area contributed by atoms with Gasteiger partial charge in [-0.15, -0.1) is 0 Å². The molecule has 8 heteroatoms. The molecule has 0 aliphatic carbocycles. The number of nitrogens with zero attached hydrogens (tertiary/aromatic N) is 1. The number of anilines is 1. The minimum Gasteiger partial charge on any atom is -0.385 e. The number of nitrogens with one attached hydrogen (secondary N) is 2. The first-order chi connectivity index (χ1) is 7.97. The molecule has 1 aromatic heterocycles. The standard InChI is InChI=1S/C9H17N5O2S/c10-8(7-14-17(11,15)16)1-6-13-9-2-4-12-5-3-9/h2-5,8,14H,1,6-7,10H2,(H,12,13)(H2,11,15,16)/t8-/m0/s1. The van der Waals surface area contributed by atoms with Gasteiger partial charge in [-0.2, -0.15) is 8.42 Å². The topological polar surface area (TPSA) is 123 Å². The summed E-state index contributed by atoms with van der Waals surface area (Å²) in [5.74, 6) is 0. The van der Waals surface area contributed by atoms with Crippen molar-refractivity contribution in [1.82, 2.24) is 9.71 Å². The summed E-state index contributed by atoms with van der Waals surface area (Å²) in [5, 5.41) is 7.93. The van der Waals surface area contributed by atoms with E-state index in [-0.39, 0.29) is 12.6 Å². The maximum Gasteiger partial charge on any atom is 0.274 e. The van der Waals surface area contributed by atoms with Crippen molar-refractivity contribution in [1.29, 1.82) is 0 Å². The minimum atomic E-state index is -3.66.